The standard InChI is InChI=1S/C16H22FNO3/c1-10(2)6-14(16(19)20-3)18-9-13-8-11-7-12(17)4-5-15(11)21-13/h4-5,7,10,13-14,18H,6,8-9H2,1-3H3. The molecule has 0 bridgehead atoms. The highest BCUT2D eigenvalue weighted by molar-refractivity contribution is 5.75. The minimum Gasteiger partial charge on any atom is -0.488 e. The molecule has 0 spiro atoms. The van der Waals surface area contributed by atoms with E-state index in [1.165, 1.54) is 19.2 Å². The number of benzene rings is 1. The number of nitrogens with one attached hydrogen (secondary N) is 1. The monoisotopic (exact) mass is 295 g/mol. The molecule has 2 atom stereocenters. The fourth-order valence-electron chi connectivity index (χ4n) is 2.55. The lowest BCUT2D eigenvalue weighted by atomic mass is 10.0. The van der Waals surface area contributed by atoms with Gasteiger partial charge in [0.1, 0.15) is 23.7 Å². The summed E-state index contributed by atoms with van der Waals surface area (Å²) in [5.41, 5.74) is 0.875. The van der Waals surface area contributed by atoms with Crippen LogP contribution in [0, 0.1) is 11.7 Å². The van der Waals surface area contributed by atoms with Crippen LogP contribution in [0.15, 0.2) is 18.2 Å². The molecule has 0 saturated heterocycles. The van der Waals surface area contributed by atoms with Crippen LogP contribution in [0.5, 0.6) is 5.75 Å². The number of methoxy groups -OCH3 is 1. The summed E-state index contributed by atoms with van der Waals surface area (Å²) in [5.74, 6) is 0.600. The van der Waals surface area contributed by atoms with Gasteiger partial charge in [0.2, 0.25) is 0 Å². The van der Waals surface area contributed by atoms with E-state index < -0.39 is 0 Å². The first-order valence-corrected chi connectivity index (χ1v) is 7.26. The van der Waals surface area contributed by atoms with Gasteiger partial charge < -0.3 is 14.8 Å². The van der Waals surface area contributed by atoms with Gasteiger partial charge in [0.15, 0.2) is 0 Å². The fourth-order valence-corrected chi connectivity index (χ4v) is 2.55. The molecular formula is C16H22FNO3. The van der Waals surface area contributed by atoms with Crippen LogP contribution in [0.25, 0.3) is 0 Å². The van der Waals surface area contributed by atoms with Gasteiger partial charge in [0.05, 0.1) is 7.11 Å². The number of halogens is 1. The maximum atomic E-state index is 13.2. The van der Waals surface area contributed by atoms with Gasteiger partial charge in [-0.05, 0) is 30.5 Å². The summed E-state index contributed by atoms with van der Waals surface area (Å²) < 4.78 is 23.7. The maximum Gasteiger partial charge on any atom is 0.322 e. The zero-order chi connectivity index (χ0) is 15.4. The largest absolute Gasteiger partial charge is 0.488 e. The molecule has 2 unspecified atom stereocenters. The van der Waals surface area contributed by atoms with Gasteiger partial charge in [0, 0.05) is 18.5 Å². The van der Waals surface area contributed by atoms with Gasteiger partial charge in [0.25, 0.3) is 0 Å². The van der Waals surface area contributed by atoms with Gasteiger partial charge in [-0.2, -0.15) is 0 Å². The van der Waals surface area contributed by atoms with Crippen LogP contribution in [0.1, 0.15) is 25.8 Å². The second-order valence-corrected chi connectivity index (χ2v) is 5.81. The lowest BCUT2D eigenvalue weighted by Crippen LogP contribution is -2.43. The van der Waals surface area contributed by atoms with E-state index in [4.69, 9.17) is 9.47 Å². The molecule has 1 N–H and O–H groups in total. The van der Waals surface area contributed by atoms with Crippen molar-refractivity contribution >= 4 is 5.97 Å². The third-order valence-electron chi connectivity index (χ3n) is 3.55. The van der Waals surface area contributed by atoms with Crippen molar-refractivity contribution in [1.82, 2.24) is 5.32 Å². The number of hydrogen-bond acceptors (Lipinski definition) is 4. The van der Waals surface area contributed by atoms with Crippen molar-refractivity contribution in [3.63, 3.8) is 0 Å². The summed E-state index contributed by atoms with van der Waals surface area (Å²) in [5, 5.41) is 3.20. The van der Waals surface area contributed by atoms with Gasteiger partial charge in [-0.1, -0.05) is 13.8 Å². The molecule has 21 heavy (non-hydrogen) atoms. The topological polar surface area (TPSA) is 47.6 Å². The smallest absolute Gasteiger partial charge is 0.322 e. The fraction of sp³-hybridized carbons (Fsp3) is 0.562. The van der Waals surface area contributed by atoms with Crippen LogP contribution in [-0.4, -0.2) is 31.8 Å². The van der Waals surface area contributed by atoms with Crippen LogP contribution < -0.4 is 10.1 Å². The number of hydrogen-bond donors (Lipinski definition) is 1. The van der Waals surface area contributed by atoms with Crippen LogP contribution in [0.4, 0.5) is 4.39 Å². The van der Waals surface area contributed by atoms with E-state index in [1.54, 1.807) is 6.07 Å². The number of rotatable bonds is 6. The van der Waals surface area contributed by atoms with Crippen LogP contribution >= 0.6 is 0 Å². The van der Waals surface area contributed by atoms with E-state index in [9.17, 15) is 9.18 Å². The Morgan fingerprint density at radius 2 is 2.29 bits per heavy atom. The van der Waals surface area contributed by atoms with Crippen molar-refractivity contribution in [3.8, 4) is 5.75 Å². The molecule has 116 valence electrons. The minimum atomic E-state index is -0.334. The van der Waals surface area contributed by atoms with E-state index in [2.05, 4.69) is 19.2 Å². The highest BCUT2D eigenvalue weighted by atomic mass is 19.1. The van der Waals surface area contributed by atoms with Gasteiger partial charge in [-0.25, -0.2) is 4.39 Å². The summed E-state index contributed by atoms with van der Waals surface area (Å²) in [4.78, 5) is 11.7. The summed E-state index contributed by atoms with van der Waals surface area (Å²) in [6.07, 6.45) is 1.28. The molecule has 5 heteroatoms. The molecule has 0 aliphatic carbocycles. The Labute approximate surface area is 124 Å². The Kier molecular flexibility index (Phi) is 5.17. The number of esters is 1. The first-order valence-electron chi connectivity index (χ1n) is 7.26. The minimum absolute atomic E-state index is 0.0823. The molecule has 0 amide bonds. The Bertz CT molecular complexity index is 504. The molecule has 1 aliphatic rings. The summed E-state index contributed by atoms with van der Waals surface area (Å²) in [7, 11) is 1.39. The van der Waals surface area contributed by atoms with Crippen molar-refractivity contribution in [2.24, 2.45) is 5.92 Å². The molecule has 1 aromatic carbocycles. The Morgan fingerprint density at radius 1 is 1.52 bits per heavy atom. The van der Waals surface area contributed by atoms with Crippen molar-refractivity contribution in [2.75, 3.05) is 13.7 Å². The first kappa shape index (κ1) is 15.8. The second-order valence-electron chi connectivity index (χ2n) is 5.81. The third-order valence-corrected chi connectivity index (χ3v) is 3.55. The first-order chi connectivity index (χ1) is 9.99. The second kappa shape index (κ2) is 6.89. The van der Waals surface area contributed by atoms with Gasteiger partial charge in [-0.15, -0.1) is 0 Å². The van der Waals surface area contributed by atoms with Crippen LogP contribution in [-0.2, 0) is 16.0 Å². The molecule has 0 saturated carbocycles. The average Bonchev–Trinajstić information content (AvgIpc) is 2.84. The molecule has 1 aliphatic heterocycles. The quantitative estimate of drug-likeness (QED) is 0.818. The highest BCUT2D eigenvalue weighted by Crippen LogP contribution is 2.29. The predicted molar refractivity (Wildman–Crippen MR) is 77.8 cm³/mol. The molecular weight excluding hydrogens is 273 g/mol. The van der Waals surface area contributed by atoms with E-state index in [-0.39, 0.29) is 23.9 Å². The summed E-state index contributed by atoms with van der Waals surface area (Å²) in [6, 6.07) is 4.21. The number of carbonyl (C=O) groups is 1. The molecule has 1 heterocycles. The van der Waals surface area contributed by atoms with Crippen molar-refractivity contribution in [2.45, 2.75) is 38.8 Å². The van der Waals surface area contributed by atoms with Crippen LogP contribution in [0.3, 0.4) is 0 Å². The highest BCUT2D eigenvalue weighted by Gasteiger charge is 2.26. The number of ether oxygens (including phenoxy) is 2. The Hall–Kier alpha value is -1.62. The molecule has 2 rings (SSSR count). The third kappa shape index (κ3) is 4.17. The van der Waals surface area contributed by atoms with E-state index >= 15 is 0 Å². The number of fused-ring (bicyclic) bond motifs is 1. The molecule has 4 nitrogen and oxygen atoms in total. The van der Waals surface area contributed by atoms with Gasteiger partial charge in [-0.3, -0.25) is 4.79 Å². The lowest BCUT2D eigenvalue weighted by Gasteiger charge is -2.20. The molecule has 0 fully saturated rings. The predicted octanol–water partition coefficient (Wildman–Crippen LogP) is 2.31. The lowest BCUT2D eigenvalue weighted by molar-refractivity contribution is -0.143. The summed E-state index contributed by atoms with van der Waals surface area (Å²) in [6.45, 7) is 4.65. The normalized spacial score (nSPS) is 18.2. The Morgan fingerprint density at radius 3 is 2.95 bits per heavy atom. The van der Waals surface area contributed by atoms with Crippen LogP contribution in [0.2, 0.25) is 0 Å². The maximum absolute atomic E-state index is 13.2. The SMILES string of the molecule is COC(=O)C(CC(C)C)NCC1Cc2cc(F)ccc2O1. The van der Waals surface area contributed by atoms with Crippen molar-refractivity contribution in [1.29, 1.82) is 0 Å². The van der Waals surface area contributed by atoms with Crippen molar-refractivity contribution < 1.29 is 18.7 Å². The molecule has 1 aromatic rings. The number of carbonyl (C=O) groups excluding carboxylic acids is 1. The van der Waals surface area contributed by atoms with E-state index in [1.807, 2.05) is 0 Å². The Balaban J connectivity index is 1.89. The van der Waals surface area contributed by atoms with E-state index in [0.29, 0.717) is 25.3 Å². The zero-order valence-corrected chi connectivity index (χ0v) is 12.7. The molecule has 0 aromatic heterocycles. The van der Waals surface area contributed by atoms with Crippen molar-refractivity contribution in [3.05, 3.63) is 29.6 Å². The molecule has 0 radical (unpaired) electrons. The van der Waals surface area contributed by atoms with Gasteiger partial charge >= 0.3 is 5.97 Å². The average molecular weight is 295 g/mol. The van der Waals surface area contributed by atoms with E-state index in [0.717, 1.165) is 11.3 Å². The summed E-state index contributed by atoms with van der Waals surface area (Å²) >= 11 is 0. The zero-order valence-electron chi connectivity index (χ0n) is 12.7.